The summed E-state index contributed by atoms with van der Waals surface area (Å²) in [4.78, 5) is 10.4. The number of piperidine rings is 2. The Balaban J connectivity index is 1.21. The predicted octanol–water partition coefficient (Wildman–Crippen LogP) is 2.88. The second-order valence-electron chi connectivity index (χ2n) is 9.00. The van der Waals surface area contributed by atoms with Gasteiger partial charge in [-0.05, 0) is 83.4 Å². The van der Waals surface area contributed by atoms with Crippen LogP contribution >= 0.6 is 0 Å². The van der Waals surface area contributed by atoms with E-state index in [9.17, 15) is 0 Å². The standard InChI is InChI=1S/C22H36N4/c1-20-3-5-21(6-4-20)26-17-15-25(16-18-26)19-24-13-9-22(10-14-24)7-11-23(2)12-8-22/h3-6H,7-19H2,1-2H3. The van der Waals surface area contributed by atoms with E-state index in [-0.39, 0.29) is 0 Å². The highest BCUT2D eigenvalue weighted by molar-refractivity contribution is 5.47. The molecule has 4 rings (SSSR count). The average Bonchev–Trinajstić information content (AvgIpc) is 2.68. The molecular formula is C22H36N4. The van der Waals surface area contributed by atoms with E-state index in [0.29, 0.717) is 5.41 Å². The van der Waals surface area contributed by atoms with Gasteiger partial charge in [-0.15, -0.1) is 0 Å². The highest BCUT2D eigenvalue weighted by Crippen LogP contribution is 2.40. The molecule has 0 atom stereocenters. The van der Waals surface area contributed by atoms with Crippen LogP contribution in [0, 0.1) is 12.3 Å². The Kier molecular flexibility index (Phi) is 5.53. The Morgan fingerprint density at radius 2 is 1.27 bits per heavy atom. The first-order valence-electron chi connectivity index (χ1n) is 10.6. The van der Waals surface area contributed by atoms with E-state index in [4.69, 9.17) is 0 Å². The van der Waals surface area contributed by atoms with Gasteiger partial charge in [-0.1, -0.05) is 17.7 Å². The van der Waals surface area contributed by atoms with Crippen molar-refractivity contribution in [3.8, 4) is 0 Å². The Hall–Kier alpha value is -1.10. The van der Waals surface area contributed by atoms with Gasteiger partial charge in [-0.3, -0.25) is 9.80 Å². The first-order chi connectivity index (χ1) is 12.6. The first-order valence-corrected chi connectivity index (χ1v) is 10.6. The molecule has 0 bridgehead atoms. The van der Waals surface area contributed by atoms with E-state index in [1.54, 1.807) is 0 Å². The zero-order valence-corrected chi connectivity index (χ0v) is 16.8. The van der Waals surface area contributed by atoms with E-state index >= 15 is 0 Å². The van der Waals surface area contributed by atoms with Crippen molar-refractivity contribution < 1.29 is 0 Å². The summed E-state index contributed by atoms with van der Waals surface area (Å²) in [5, 5.41) is 0. The SMILES string of the molecule is Cc1ccc(N2CCN(CN3CCC4(CCN(C)CC4)CC3)CC2)cc1. The average molecular weight is 357 g/mol. The van der Waals surface area contributed by atoms with E-state index in [0.717, 1.165) is 13.1 Å². The summed E-state index contributed by atoms with van der Waals surface area (Å²) in [6.07, 6.45) is 5.69. The molecule has 0 radical (unpaired) electrons. The molecule has 0 N–H and O–H groups in total. The minimum atomic E-state index is 0.674. The number of aryl methyl sites for hydroxylation is 1. The van der Waals surface area contributed by atoms with Gasteiger partial charge in [-0.25, -0.2) is 0 Å². The van der Waals surface area contributed by atoms with Crippen molar-refractivity contribution in [3.63, 3.8) is 0 Å². The first kappa shape index (κ1) is 18.3. The van der Waals surface area contributed by atoms with Crippen LogP contribution < -0.4 is 4.90 Å². The highest BCUT2D eigenvalue weighted by Gasteiger charge is 2.37. The molecular weight excluding hydrogens is 320 g/mol. The van der Waals surface area contributed by atoms with Gasteiger partial charge in [0.1, 0.15) is 0 Å². The van der Waals surface area contributed by atoms with E-state index in [1.165, 1.54) is 82.9 Å². The third-order valence-electron chi connectivity index (χ3n) is 7.14. The molecule has 3 saturated heterocycles. The van der Waals surface area contributed by atoms with Crippen LogP contribution in [-0.4, -0.2) is 80.8 Å². The molecule has 144 valence electrons. The quantitative estimate of drug-likeness (QED) is 0.825. The fourth-order valence-corrected chi connectivity index (χ4v) is 4.95. The topological polar surface area (TPSA) is 13.0 Å². The monoisotopic (exact) mass is 356 g/mol. The van der Waals surface area contributed by atoms with Crippen LogP contribution in [0.1, 0.15) is 31.2 Å². The molecule has 0 aliphatic carbocycles. The maximum atomic E-state index is 2.71. The Labute approximate surface area is 159 Å². The number of rotatable bonds is 3. The van der Waals surface area contributed by atoms with Gasteiger partial charge in [0.15, 0.2) is 0 Å². The van der Waals surface area contributed by atoms with Gasteiger partial charge in [0.2, 0.25) is 0 Å². The summed E-state index contributed by atoms with van der Waals surface area (Å²) < 4.78 is 0. The van der Waals surface area contributed by atoms with Gasteiger partial charge < -0.3 is 9.80 Å². The maximum Gasteiger partial charge on any atom is 0.0507 e. The largest absolute Gasteiger partial charge is 0.369 e. The number of hydrogen-bond acceptors (Lipinski definition) is 4. The Morgan fingerprint density at radius 1 is 0.731 bits per heavy atom. The summed E-state index contributed by atoms with van der Waals surface area (Å²) in [5.74, 6) is 0. The van der Waals surface area contributed by atoms with Crippen molar-refractivity contribution in [2.24, 2.45) is 5.41 Å². The number of piperazine rings is 1. The number of likely N-dealkylation sites (tertiary alicyclic amines) is 2. The minimum absolute atomic E-state index is 0.674. The summed E-state index contributed by atoms with van der Waals surface area (Å²) in [6.45, 7) is 13.3. The molecule has 0 aromatic heterocycles. The Morgan fingerprint density at radius 3 is 1.88 bits per heavy atom. The second kappa shape index (κ2) is 7.87. The Bertz CT molecular complexity index is 558. The zero-order chi connectivity index (χ0) is 18.0. The molecule has 0 amide bonds. The lowest BCUT2D eigenvalue weighted by molar-refractivity contribution is 0.0185. The van der Waals surface area contributed by atoms with Crippen LogP contribution in [0.3, 0.4) is 0 Å². The smallest absolute Gasteiger partial charge is 0.0507 e. The normalized spacial score (nSPS) is 25.7. The molecule has 1 spiro atoms. The number of benzene rings is 1. The third kappa shape index (κ3) is 4.24. The molecule has 0 saturated carbocycles. The van der Waals surface area contributed by atoms with Crippen molar-refractivity contribution in [3.05, 3.63) is 29.8 Å². The molecule has 3 fully saturated rings. The molecule has 26 heavy (non-hydrogen) atoms. The van der Waals surface area contributed by atoms with Gasteiger partial charge in [0.05, 0.1) is 6.67 Å². The number of nitrogens with zero attached hydrogens (tertiary/aromatic N) is 4. The summed E-state index contributed by atoms with van der Waals surface area (Å²) in [6, 6.07) is 9.01. The van der Waals surface area contributed by atoms with Gasteiger partial charge in [0.25, 0.3) is 0 Å². The molecule has 3 aliphatic heterocycles. The lowest BCUT2D eigenvalue weighted by Gasteiger charge is -2.47. The van der Waals surface area contributed by atoms with Crippen molar-refractivity contribution in [2.75, 3.05) is 71.0 Å². The summed E-state index contributed by atoms with van der Waals surface area (Å²) in [7, 11) is 2.28. The highest BCUT2D eigenvalue weighted by atomic mass is 15.3. The summed E-state index contributed by atoms with van der Waals surface area (Å²) in [5.41, 5.74) is 3.41. The molecule has 3 aliphatic rings. The predicted molar refractivity (Wildman–Crippen MR) is 110 cm³/mol. The van der Waals surface area contributed by atoms with Crippen LogP contribution in [0.15, 0.2) is 24.3 Å². The van der Waals surface area contributed by atoms with E-state index in [1.807, 2.05) is 0 Å². The van der Waals surface area contributed by atoms with Crippen LogP contribution in [0.5, 0.6) is 0 Å². The van der Waals surface area contributed by atoms with E-state index < -0.39 is 0 Å². The van der Waals surface area contributed by atoms with Crippen molar-refractivity contribution in [2.45, 2.75) is 32.6 Å². The molecule has 3 heterocycles. The lowest BCUT2D eigenvalue weighted by Crippen LogP contribution is -2.53. The number of anilines is 1. The van der Waals surface area contributed by atoms with Crippen LogP contribution in [0.4, 0.5) is 5.69 Å². The zero-order valence-electron chi connectivity index (χ0n) is 16.8. The molecule has 1 aromatic carbocycles. The summed E-state index contributed by atoms with van der Waals surface area (Å²) >= 11 is 0. The molecule has 0 unspecified atom stereocenters. The van der Waals surface area contributed by atoms with Crippen LogP contribution in [0.25, 0.3) is 0 Å². The van der Waals surface area contributed by atoms with Crippen molar-refractivity contribution in [1.82, 2.24) is 14.7 Å². The maximum absolute atomic E-state index is 2.71. The van der Waals surface area contributed by atoms with Crippen LogP contribution in [0.2, 0.25) is 0 Å². The molecule has 1 aromatic rings. The van der Waals surface area contributed by atoms with E-state index in [2.05, 4.69) is 57.8 Å². The fourth-order valence-electron chi connectivity index (χ4n) is 4.95. The molecule has 4 nitrogen and oxygen atoms in total. The fraction of sp³-hybridized carbons (Fsp3) is 0.727. The molecule has 4 heteroatoms. The lowest BCUT2D eigenvalue weighted by atomic mass is 9.71. The minimum Gasteiger partial charge on any atom is -0.369 e. The van der Waals surface area contributed by atoms with Crippen molar-refractivity contribution in [1.29, 1.82) is 0 Å². The van der Waals surface area contributed by atoms with Crippen LogP contribution in [-0.2, 0) is 0 Å². The van der Waals surface area contributed by atoms with Crippen molar-refractivity contribution >= 4 is 5.69 Å². The van der Waals surface area contributed by atoms with Gasteiger partial charge in [-0.2, -0.15) is 0 Å². The van der Waals surface area contributed by atoms with Gasteiger partial charge in [0, 0.05) is 31.9 Å². The second-order valence-corrected chi connectivity index (χ2v) is 9.00. The van der Waals surface area contributed by atoms with Gasteiger partial charge >= 0.3 is 0 Å². The third-order valence-corrected chi connectivity index (χ3v) is 7.14. The number of hydrogen-bond donors (Lipinski definition) is 0.